The molecule has 2 heterocycles. The molecule has 0 radical (unpaired) electrons. The molecule has 2 rings (SSSR count). The van der Waals surface area contributed by atoms with Crippen LogP contribution >= 0.6 is 0 Å². The Morgan fingerprint density at radius 1 is 1.50 bits per heavy atom. The molecule has 1 aliphatic heterocycles. The molecule has 0 spiro atoms. The van der Waals surface area contributed by atoms with E-state index in [-0.39, 0.29) is 5.78 Å². The van der Waals surface area contributed by atoms with Crippen LogP contribution in [0, 0.1) is 0 Å². The summed E-state index contributed by atoms with van der Waals surface area (Å²) < 4.78 is 0. The minimum Gasteiger partial charge on any atom is -0.295 e. The molecule has 3 heteroatoms. The normalized spacial score (nSPS) is 16.2. The fraction of sp³-hybridized carbons (Fsp3) is 0.538. The van der Waals surface area contributed by atoms with E-state index in [0.29, 0.717) is 6.04 Å². The third-order valence-electron chi connectivity index (χ3n) is 3.22. The van der Waals surface area contributed by atoms with Gasteiger partial charge in [0.1, 0.15) is 0 Å². The highest BCUT2D eigenvalue weighted by Crippen LogP contribution is 2.19. The zero-order valence-electron chi connectivity index (χ0n) is 10.2. The van der Waals surface area contributed by atoms with Crippen LogP contribution in [-0.4, -0.2) is 28.3 Å². The zero-order chi connectivity index (χ0) is 11.7. The Balaban J connectivity index is 2.25. The molecule has 0 atom stereocenters. The predicted octanol–water partition coefficient (Wildman–Crippen LogP) is 2.05. The van der Waals surface area contributed by atoms with Crippen molar-refractivity contribution in [3.05, 3.63) is 29.1 Å². The van der Waals surface area contributed by atoms with E-state index in [9.17, 15) is 4.79 Å². The number of nitrogens with zero attached hydrogens (tertiary/aromatic N) is 2. The Hall–Kier alpha value is -1.22. The Labute approximate surface area is 96.5 Å². The van der Waals surface area contributed by atoms with Gasteiger partial charge >= 0.3 is 0 Å². The van der Waals surface area contributed by atoms with Crippen LogP contribution in [0.1, 0.15) is 42.4 Å². The van der Waals surface area contributed by atoms with Gasteiger partial charge in [-0.05, 0) is 38.8 Å². The molecule has 0 N–H and O–H groups in total. The van der Waals surface area contributed by atoms with Crippen molar-refractivity contribution in [3.8, 4) is 0 Å². The van der Waals surface area contributed by atoms with Crippen molar-refractivity contribution in [2.75, 3.05) is 6.54 Å². The molecular weight excluding hydrogens is 200 g/mol. The van der Waals surface area contributed by atoms with Crippen molar-refractivity contribution in [2.45, 2.75) is 39.8 Å². The first kappa shape index (κ1) is 11.3. The molecule has 1 aromatic heterocycles. The van der Waals surface area contributed by atoms with Crippen LogP contribution in [0.4, 0.5) is 0 Å². The molecular formula is C13H18N2O. The zero-order valence-corrected chi connectivity index (χ0v) is 10.2. The molecule has 0 fully saturated rings. The number of carbonyl (C=O) groups excluding carboxylic acids is 1. The predicted molar refractivity (Wildman–Crippen MR) is 63.5 cm³/mol. The van der Waals surface area contributed by atoms with Gasteiger partial charge in [-0.2, -0.15) is 0 Å². The quantitative estimate of drug-likeness (QED) is 0.712. The number of hydrogen-bond donors (Lipinski definition) is 0. The smallest absolute Gasteiger partial charge is 0.161 e. The Morgan fingerprint density at radius 3 is 2.88 bits per heavy atom. The summed E-state index contributed by atoms with van der Waals surface area (Å²) in [5, 5.41) is 0. The summed E-state index contributed by atoms with van der Waals surface area (Å²) in [4.78, 5) is 18.1. The van der Waals surface area contributed by atoms with Gasteiger partial charge in [-0.3, -0.25) is 14.7 Å². The molecule has 0 unspecified atom stereocenters. The molecule has 3 nitrogen and oxygen atoms in total. The van der Waals surface area contributed by atoms with Gasteiger partial charge in [-0.15, -0.1) is 0 Å². The Kier molecular flexibility index (Phi) is 3.06. The number of Topliss-reactive ketones (excluding diaryl/α,β-unsaturated/α-hetero) is 1. The monoisotopic (exact) mass is 218 g/mol. The van der Waals surface area contributed by atoms with Gasteiger partial charge in [0.2, 0.25) is 0 Å². The second kappa shape index (κ2) is 4.34. The standard InChI is InChI=1S/C13H18N2O/c1-9(2)15-5-4-11-6-12(10(3)16)7-14-13(11)8-15/h6-7,9H,4-5,8H2,1-3H3. The average molecular weight is 218 g/mol. The molecule has 0 saturated heterocycles. The van der Waals surface area contributed by atoms with Crippen molar-refractivity contribution < 1.29 is 4.79 Å². The molecule has 1 aliphatic rings. The van der Waals surface area contributed by atoms with E-state index in [0.717, 1.165) is 30.8 Å². The maximum atomic E-state index is 11.3. The minimum absolute atomic E-state index is 0.0987. The van der Waals surface area contributed by atoms with Gasteiger partial charge in [0, 0.05) is 30.9 Å². The number of rotatable bonds is 2. The van der Waals surface area contributed by atoms with Gasteiger partial charge in [0.15, 0.2) is 5.78 Å². The molecule has 0 aromatic carbocycles. The molecule has 16 heavy (non-hydrogen) atoms. The number of pyridine rings is 1. The summed E-state index contributed by atoms with van der Waals surface area (Å²) in [6.45, 7) is 7.97. The Bertz CT molecular complexity index is 412. The third-order valence-corrected chi connectivity index (χ3v) is 3.22. The van der Waals surface area contributed by atoms with E-state index in [4.69, 9.17) is 0 Å². The van der Waals surface area contributed by atoms with Crippen molar-refractivity contribution in [1.29, 1.82) is 0 Å². The molecule has 0 amide bonds. The molecule has 0 aliphatic carbocycles. The second-order valence-corrected chi connectivity index (χ2v) is 4.70. The fourth-order valence-corrected chi connectivity index (χ4v) is 2.07. The molecule has 0 saturated carbocycles. The van der Waals surface area contributed by atoms with Gasteiger partial charge in [0.25, 0.3) is 0 Å². The van der Waals surface area contributed by atoms with Crippen molar-refractivity contribution >= 4 is 5.78 Å². The van der Waals surface area contributed by atoms with E-state index in [1.54, 1.807) is 13.1 Å². The number of ketones is 1. The first-order valence-corrected chi connectivity index (χ1v) is 5.80. The Morgan fingerprint density at radius 2 is 2.25 bits per heavy atom. The SMILES string of the molecule is CC(=O)c1cnc2c(c1)CCN(C(C)C)C2. The fourth-order valence-electron chi connectivity index (χ4n) is 2.07. The van der Waals surface area contributed by atoms with E-state index < -0.39 is 0 Å². The number of hydrogen-bond acceptors (Lipinski definition) is 3. The topological polar surface area (TPSA) is 33.2 Å². The van der Waals surface area contributed by atoms with Crippen LogP contribution in [0.2, 0.25) is 0 Å². The van der Waals surface area contributed by atoms with Gasteiger partial charge < -0.3 is 0 Å². The summed E-state index contributed by atoms with van der Waals surface area (Å²) in [5.74, 6) is 0.0987. The van der Waals surface area contributed by atoms with Crippen LogP contribution in [0.5, 0.6) is 0 Å². The summed E-state index contributed by atoms with van der Waals surface area (Å²) in [6.07, 6.45) is 2.70. The van der Waals surface area contributed by atoms with Crippen LogP contribution in [0.15, 0.2) is 12.3 Å². The molecule has 1 aromatic rings. The number of fused-ring (bicyclic) bond motifs is 1. The summed E-state index contributed by atoms with van der Waals surface area (Å²) in [5.41, 5.74) is 3.10. The first-order chi connectivity index (χ1) is 7.58. The lowest BCUT2D eigenvalue weighted by Gasteiger charge is -2.31. The first-order valence-electron chi connectivity index (χ1n) is 5.80. The lowest BCUT2D eigenvalue weighted by molar-refractivity contribution is 0.101. The summed E-state index contributed by atoms with van der Waals surface area (Å²) in [6, 6.07) is 2.56. The molecule has 0 bridgehead atoms. The highest BCUT2D eigenvalue weighted by Gasteiger charge is 2.19. The minimum atomic E-state index is 0.0987. The largest absolute Gasteiger partial charge is 0.295 e. The second-order valence-electron chi connectivity index (χ2n) is 4.70. The van der Waals surface area contributed by atoms with E-state index in [2.05, 4.69) is 23.7 Å². The van der Waals surface area contributed by atoms with E-state index >= 15 is 0 Å². The maximum Gasteiger partial charge on any atom is 0.161 e. The lowest BCUT2D eigenvalue weighted by atomic mass is 10.0. The van der Waals surface area contributed by atoms with E-state index in [1.807, 2.05) is 6.07 Å². The van der Waals surface area contributed by atoms with Gasteiger partial charge in [-0.1, -0.05) is 0 Å². The third kappa shape index (κ3) is 2.14. The van der Waals surface area contributed by atoms with Crippen LogP contribution in [0.3, 0.4) is 0 Å². The number of carbonyl (C=O) groups is 1. The van der Waals surface area contributed by atoms with Crippen molar-refractivity contribution in [3.63, 3.8) is 0 Å². The van der Waals surface area contributed by atoms with E-state index in [1.165, 1.54) is 5.56 Å². The van der Waals surface area contributed by atoms with Gasteiger partial charge in [0.05, 0.1) is 5.69 Å². The maximum absolute atomic E-state index is 11.3. The van der Waals surface area contributed by atoms with Crippen LogP contribution in [-0.2, 0) is 13.0 Å². The summed E-state index contributed by atoms with van der Waals surface area (Å²) in [7, 11) is 0. The highest BCUT2D eigenvalue weighted by atomic mass is 16.1. The highest BCUT2D eigenvalue weighted by molar-refractivity contribution is 5.93. The van der Waals surface area contributed by atoms with Gasteiger partial charge in [-0.25, -0.2) is 0 Å². The molecule has 86 valence electrons. The number of aromatic nitrogens is 1. The van der Waals surface area contributed by atoms with Crippen LogP contribution < -0.4 is 0 Å². The summed E-state index contributed by atoms with van der Waals surface area (Å²) >= 11 is 0. The van der Waals surface area contributed by atoms with Crippen LogP contribution in [0.25, 0.3) is 0 Å². The lowest BCUT2D eigenvalue weighted by Crippen LogP contribution is -2.36. The van der Waals surface area contributed by atoms with Crippen molar-refractivity contribution in [2.24, 2.45) is 0 Å². The average Bonchev–Trinajstić information content (AvgIpc) is 2.27. The van der Waals surface area contributed by atoms with Crippen molar-refractivity contribution in [1.82, 2.24) is 9.88 Å².